The van der Waals surface area contributed by atoms with Gasteiger partial charge in [-0.2, -0.15) is 0 Å². The number of nitrogens with zero attached hydrogens (tertiary/aromatic N) is 6. The number of carbonyl (C=O) groups is 3. The maximum atomic E-state index is 13.9. The van der Waals surface area contributed by atoms with Crippen LogP contribution in [-0.2, 0) is 16.1 Å². The Morgan fingerprint density at radius 1 is 1.10 bits per heavy atom. The van der Waals surface area contributed by atoms with Crippen molar-refractivity contribution in [1.29, 1.82) is 0 Å². The molecule has 210 valence electrons. The zero-order valence-corrected chi connectivity index (χ0v) is 25.1. The van der Waals surface area contributed by atoms with Crippen molar-refractivity contribution in [2.45, 2.75) is 66.1 Å². The largest absolute Gasteiger partial charge is 0.336 e. The summed E-state index contributed by atoms with van der Waals surface area (Å²) < 4.78 is 2.41. The fraction of sp³-hybridized carbons (Fsp3) is 0.367. The molecule has 2 amide bonds. The summed E-state index contributed by atoms with van der Waals surface area (Å²) in [6, 6.07) is 4.94. The fourth-order valence-electron chi connectivity index (χ4n) is 6.02. The molecule has 2 aliphatic rings. The van der Waals surface area contributed by atoms with Crippen LogP contribution in [0.2, 0.25) is 0 Å². The van der Waals surface area contributed by atoms with Gasteiger partial charge in [0.15, 0.2) is 5.78 Å². The molecule has 1 saturated heterocycles. The summed E-state index contributed by atoms with van der Waals surface area (Å²) in [5.41, 5.74) is 4.06. The minimum atomic E-state index is -0.604. The van der Waals surface area contributed by atoms with Crippen molar-refractivity contribution in [2.75, 3.05) is 5.32 Å². The van der Waals surface area contributed by atoms with Crippen LogP contribution in [0.4, 0.5) is 5.82 Å². The molecule has 1 saturated carbocycles. The summed E-state index contributed by atoms with van der Waals surface area (Å²) in [5.74, 6) is 0.608. The lowest BCUT2D eigenvalue weighted by Gasteiger charge is -2.27. The molecule has 4 aromatic heterocycles. The molecule has 10 nitrogen and oxygen atoms in total. The molecule has 11 heteroatoms. The molecule has 0 radical (unpaired) electrons. The molecule has 6 rings (SSSR count). The predicted octanol–water partition coefficient (Wildman–Crippen LogP) is 4.80. The van der Waals surface area contributed by atoms with Crippen LogP contribution in [0.15, 0.2) is 41.4 Å². The molecule has 2 fully saturated rings. The number of nitrogens with one attached hydrogen (secondary N) is 1. The Labute approximate surface area is 245 Å². The third kappa shape index (κ3) is 4.81. The van der Waals surface area contributed by atoms with E-state index in [1.165, 1.54) is 6.92 Å². The zero-order chi connectivity index (χ0) is 29.2. The highest BCUT2D eigenvalue weighted by molar-refractivity contribution is 9.10. The SMILES string of the molecule is CC(=O)c1cn(CC(=O)N2C3C[C@]3(C)C[C@H]2C(=O)Nc2nc(Br)ccc2C)c2c(C)nc(-c3cnc(C)nc3)cc12. The third-order valence-corrected chi connectivity index (χ3v) is 8.76. The summed E-state index contributed by atoms with van der Waals surface area (Å²) in [4.78, 5) is 59.5. The number of Topliss-reactive ketones (excluding diaryl/α,β-unsaturated/α-hetero) is 1. The van der Waals surface area contributed by atoms with Crippen molar-refractivity contribution >= 4 is 50.2 Å². The average Bonchev–Trinajstić information content (AvgIpc) is 3.27. The molecule has 1 aliphatic carbocycles. The second-order valence-corrected chi connectivity index (χ2v) is 12.2. The smallest absolute Gasteiger partial charge is 0.248 e. The van der Waals surface area contributed by atoms with Gasteiger partial charge in [0.25, 0.3) is 0 Å². The number of aryl methyl sites for hydroxylation is 3. The number of carbonyl (C=O) groups excluding carboxylic acids is 3. The van der Waals surface area contributed by atoms with E-state index in [1.807, 2.05) is 39.0 Å². The second kappa shape index (κ2) is 9.83. The van der Waals surface area contributed by atoms with E-state index >= 15 is 0 Å². The van der Waals surface area contributed by atoms with Crippen molar-refractivity contribution in [3.8, 4) is 11.3 Å². The number of rotatable bonds is 6. The van der Waals surface area contributed by atoms with Crippen LogP contribution in [0.5, 0.6) is 0 Å². The van der Waals surface area contributed by atoms with E-state index in [4.69, 9.17) is 4.98 Å². The molecule has 4 aromatic rings. The number of piperidine rings is 1. The van der Waals surface area contributed by atoms with Gasteiger partial charge in [0.1, 0.15) is 28.8 Å². The Bertz CT molecular complexity index is 1750. The lowest BCUT2D eigenvalue weighted by atomic mass is 10.0. The van der Waals surface area contributed by atoms with E-state index < -0.39 is 6.04 Å². The third-order valence-electron chi connectivity index (χ3n) is 8.32. The quantitative estimate of drug-likeness (QED) is 0.244. The van der Waals surface area contributed by atoms with Crippen LogP contribution >= 0.6 is 15.9 Å². The molecule has 0 aromatic carbocycles. The van der Waals surface area contributed by atoms with E-state index in [9.17, 15) is 14.4 Å². The number of likely N-dealkylation sites (tertiary alicyclic amines) is 1. The number of hydrogen-bond acceptors (Lipinski definition) is 7. The number of anilines is 1. The van der Waals surface area contributed by atoms with Crippen LogP contribution in [0.25, 0.3) is 22.2 Å². The fourth-order valence-corrected chi connectivity index (χ4v) is 6.33. The number of fused-ring (bicyclic) bond motifs is 2. The second-order valence-electron chi connectivity index (χ2n) is 11.4. The predicted molar refractivity (Wildman–Crippen MR) is 157 cm³/mol. The molecule has 1 N–H and O–H groups in total. The van der Waals surface area contributed by atoms with E-state index in [0.717, 1.165) is 22.9 Å². The summed E-state index contributed by atoms with van der Waals surface area (Å²) >= 11 is 3.36. The summed E-state index contributed by atoms with van der Waals surface area (Å²) in [6.45, 7) is 9.18. The first-order chi connectivity index (χ1) is 19.4. The van der Waals surface area contributed by atoms with Crippen LogP contribution in [0.1, 0.15) is 54.1 Å². The molecule has 3 atom stereocenters. The molecule has 1 aliphatic heterocycles. The van der Waals surface area contributed by atoms with Gasteiger partial charge in [0.05, 0.1) is 16.9 Å². The number of ketones is 1. The van der Waals surface area contributed by atoms with Gasteiger partial charge in [0, 0.05) is 41.1 Å². The highest BCUT2D eigenvalue weighted by atomic mass is 79.9. The zero-order valence-electron chi connectivity index (χ0n) is 23.5. The maximum Gasteiger partial charge on any atom is 0.248 e. The van der Waals surface area contributed by atoms with Gasteiger partial charge < -0.3 is 14.8 Å². The van der Waals surface area contributed by atoms with Gasteiger partial charge >= 0.3 is 0 Å². The van der Waals surface area contributed by atoms with E-state index in [1.54, 1.807) is 28.1 Å². The Morgan fingerprint density at radius 3 is 2.54 bits per heavy atom. The monoisotopic (exact) mass is 615 g/mol. The number of amides is 2. The van der Waals surface area contributed by atoms with Crippen LogP contribution in [-0.4, -0.2) is 59.1 Å². The van der Waals surface area contributed by atoms with Crippen LogP contribution < -0.4 is 5.32 Å². The van der Waals surface area contributed by atoms with Gasteiger partial charge in [-0.1, -0.05) is 13.0 Å². The van der Waals surface area contributed by atoms with Crippen LogP contribution in [0, 0.1) is 26.2 Å². The maximum absolute atomic E-state index is 13.9. The molecular weight excluding hydrogens is 586 g/mol. The van der Waals surface area contributed by atoms with Crippen molar-refractivity contribution in [3.05, 3.63) is 64.0 Å². The number of aromatic nitrogens is 5. The summed E-state index contributed by atoms with van der Waals surface area (Å²) in [6.07, 6.45) is 6.60. The van der Waals surface area contributed by atoms with Crippen LogP contribution in [0.3, 0.4) is 0 Å². The highest BCUT2D eigenvalue weighted by Crippen LogP contribution is 2.59. The molecule has 5 heterocycles. The van der Waals surface area contributed by atoms with Gasteiger partial charge in [-0.25, -0.2) is 15.0 Å². The van der Waals surface area contributed by atoms with Gasteiger partial charge in [-0.3, -0.25) is 19.4 Å². The van der Waals surface area contributed by atoms with Gasteiger partial charge in [-0.15, -0.1) is 0 Å². The van der Waals surface area contributed by atoms with Crippen molar-refractivity contribution in [1.82, 2.24) is 29.4 Å². The number of hydrogen-bond donors (Lipinski definition) is 1. The Hall–Kier alpha value is -3.99. The summed E-state index contributed by atoms with van der Waals surface area (Å²) in [7, 11) is 0. The van der Waals surface area contributed by atoms with E-state index in [2.05, 4.69) is 43.1 Å². The molecular formula is C30H30BrN7O3. The lowest BCUT2D eigenvalue weighted by molar-refractivity contribution is -0.138. The van der Waals surface area contributed by atoms with Crippen molar-refractivity contribution in [3.63, 3.8) is 0 Å². The Balaban J connectivity index is 1.32. The lowest BCUT2D eigenvalue weighted by Crippen LogP contribution is -2.46. The normalized spacial score (nSPS) is 21.2. The number of pyridine rings is 2. The van der Waals surface area contributed by atoms with Crippen molar-refractivity contribution in [2.24, 2.45) is 5.41 Å². The molecule has 41 heavy (non-hydrogen) atoms. The van der Waals surface area contributed by atoms with Crippen molar-refractivity contribution < 1.29 is 14.4 Å². The molecule has 0 bridgehead atoms. The van der Waals surface area contributed by atoms with Gasteiger partial charge in [-0.05, 0) is 79.6 Å². The first-order valence-electron chi connectivity index (χ1n) is 13.5. The molecule has 0 spiro atoms. The first-order valence-corrected chi connectivity index (χ1v) is 14.3. The van der Waals surface area contributed by atoms with Gasteiger partial charge in [0.2, 0.25) is 11.8 Å². The molecule has 1 unspecified atom stereocenters. The van der Waals surface area contributed by atoms with E-state index in [-0.39, 0.29) is 35.6 Å². The minimum absolute atomic E-state index is 0.00350. The highest BCUT2D eigenvalue weighted by Gasteiger charge is 2.64. The summed E-state index contributed by atoms with van der Waals surface area (Å²) in [5, 5.41) is 3.66. The number of halogens is 1. The first kappa shape index (κ1) is 27.2. The standard InChI is InChI=1S/C30H30BrN7O3/c1-15-6-7-25(31)35-28(15)36-29(41)23-9-30(5)10-24(30)38(23)26(40)14-37-13-21(17(3)39)20-8-22(34-16(2)27(20)37)19-11-32-18(4)33-12-19/h6-8,11-13,23-24H,9-10,14H2,1-5H3,(H,35,36,41)/t23-,24?,30-/m0/s1. The Morgan fingerprint density at radius 2 is 1.83 bits per heavy atom. The van der Waals surface area contributed by atoms with E-state index in [0.29, 0.717) is 45.1 Å². The topological polar surface area (TPSA) is 123 Å². The average molecular weight is 617 g/mol. The minimum Gasteiger partial charge on any atom is -0.336 e. The Kier molecular flexibility index (Phi) is 6.52.